The van der Waals surface area contributed by atoms with Crippen molar-refractivity contribution in [3.63, 3.8) is 0 Å². The summed E-state index contributed by atoms with van der Waals surface area (Å²) in [7, 11) is 0.0826. The summed E-state index contributed by atoms with van der Waals surface area (Å²) in [5.74, 6) is -4.45. The summed E-state index contributed by atoms with van der Waals surface area (Å²) in [6.45, 7) is 7.09. The fourth-order valence-corrected chi connectivity index (χ4v) is 4.74. The molecule has 2 aromatic carbocycles. The molecule has 2 aromatic rings. The van der Waals surface area contributed by atoms with E-state index in [1.54, 1.807) is 7.05 Å². The van der Waals surface area contributed by atoms with Crippen molar-refractivity contribution in [2.45, 2.75) is 25.6 Å². The van der Waals surface area contributed by atoms with Gasteiger partial charge in [-0.1, -0.05) is 55.2 Å². The van der Waals surface area contributed by atoms with Gasteiger partial charge in [-0.3, -0.25) is 9.59 Å². The standard InChI is InChI=1S/C21H24F2N2O2Si/c1-25-12-15(13-7-5-8-14(11-13)28(2,3)4)18(21(25)27)20(26)24-17-10-6-9-16(22)19(17)23/h5-11,15,18H,12H2,1-4H3,(H,24,26)/t15-,18+/m1/s1. The molecule has 0 spiro atoms. The Bertz CT molecular complexity index is 927. The predicted octanol–water partition coefficient (Wildman–Crippen LogP) is 3.32. The number of carbonyl (C=O) groups excluding carboxylic acids is 2. The number of anilines is 1. The molecule has 0 saturated carbocycles. The molecule has 1 fully saturated rings. The number of halogens is 2. The molecule has 1 saturated heterocycles. The van der Waals surface area contributed by atoms with Crippen LogP contribution in [0.3, 0.4) is 0 Å². The molecule has 1 N–H and O–H groups in total. The van der Waals surface area contributed by atoms with Crippen LogP contribution in [-0.2, 0) is 9.59 Å². The first-order valence-electron chi connectivity index (χ1n) is 9.20. The first-order valence-corrected chi connectivity index (χ1v) is 12.7. The van der Waals surface area contributed by atoms with Gasteiger partial charge in [0.05, 0.1) is 13.8 Å². The fourth-order valence-electron chi connectivity index (χ4n) is 3.54. The Kier molecular flexibility index (Phi) is 5.39. The van der Waals surface area contributed by atoms with Crippen LogP contribution in [0.4, 0.5) is 14.5 Å². The zero-order valence-electron chi connectivity index (χ0n) is 16.4. The maximum absolute atomic E-state index is 13.9. The molecule has 7 heteroatoms. The summed E-state index contributed by atoms with van der Waals surface area (Å²) in [5.41, 5.74) is 0.652. The molecule has 2 amide bonds. The first kappa shape index (κ1) is 20.2. The predicted molar refractivity (Wildman–Crippen MR) is 108 cm³/mol. The third-order valence-corrected chi connectivity index (χ3v) is 7.23. The molecular weight excluding hydrogens is 378 g/mol. The molecular formula is C21H24F2N2O2Si. The smallest absolute Gasteiger partial charge is 0.237 e. The number of carbonyl (C=O) groups is 2. The van der Waals surface area contributed by atoms with Crippen LogP contribution in [0.1, 0.15) is 11.5 Å². The number of nitrogens with zero attached hydrogens (tertiary/aromatic N) is 1. The molecule has 0 aliphatic carbocycles. The van der Waals surface area contributed by atoms with E-state index in [2.05, 4.69) is 37.1 Å². The van der Waals surface area contributed by atoms with E-state index in [1.807, 2.05) is 12.1 Å². The van der Waals surface area contributed by atoms with Gasteiger partial charge in [0.1, 0.15) is 5.92 Å². The van der Waals surface area contributed by atoms with Gasteiger partial charge in [0.25, 0.3) is 0 Å². The maximum atomic E-state index is 13.9. The SMILES string of the molecule is CN1C[C@H](c2cccc([Si](C)(C)C)c2)[C@@H](C(=O)Nc2cccc(F)c2F)C1=O. The van der Waals surface area contributed by atoms with Crippen molar-refractivity contribution in [3.05, 3.63) is 59.7 Å². The Morgan fingerprint density at radius 3 is 2.50 bits per heavy atom. The normalized spacial score (nSPS) is 19.8. The molecule has 0 bridgehead atoms. The number of benzene rings is 2. The van der Waals surface area contributed by atoms with Gasteiger partial charge in [0, 0.05) is 19.5 Å². The summed E-state index contributed by atoms with van der Waals surface area (Å²) < 4.78 is 27.4. The van der Waals surface area contributed by atoms with E-state index >= 15 is 0 Å². The number of hydrogen-bond donors (Lipinski definition) is 1. The van der Waals surface area contributed by atoms with E-state index in [4.69, 9.17) is 0 Å². The van der Waals surface area contributed by atoms with Crippen LogP contribution < -0.4 is 10.5 Å². The van der Waals surface area contributed by atoms with Gasteiger partial charge in [-0.25, -0.2) is 8.78 Å². The van der Waals surface area contributed by atoms with E-state index in [-0.39, 0.29) is 17.5 Å². The van der Waals surface area contributed by atoms with Crippen molar-refractivity contribution in [1.29, 1.82) is 0 Å². The van der Waals surface area contributed by atoms with Gasteiger partial charge >= 0.3 is 0 Å². The minimum atomic E-state index is -1.56. The highest BCUT2D eigenvalue weighted by Crippen LogP contribution is 2.34. The van der Waals surface area contributed by atoms with E-state index < -0.39 is 31.5 Å². The summed E-state index contributed by atoms with van der Waals surface area (Å²) >= 11 is 0. The number of hydrogen-bond acceptors (Lipinski definition) is 2. The zero-order valence-corrected chi connectivity index (χ0v) is 17.4. The highest BCUT2D eigenvalue weighted by molar-refractivity contribution is 6.88. The van der Waals surface area contributed by atoms with Gasteiger partial charge < -0.3 is 10.2 Å². The summed E-state index contributed by atoms with van der Waals surface area (Å²) in [5, 5.41) is 3.63. The Hall–Kier alpha value is -2.54. The summed E-state index contributed by atoms with van der Waals surface area (Å²) in [4.78, 5) is 27.0. The molecule has 1 aliphatic rings. The zero-order chi connectivity index (χ0) is 20.6. The monoisotopic (exact) mass is 402 g/mol. The van der Waals surface area contributed by atoms with Gasteiger partial charge in [-0.05, 0) is 17.7 Å². The number of rotatable bonds is 4. The van der Waals surface area contributed by atoms with Crippen molar-refractivity contribution >= 4 is 30.8 Å². The van der Waals surface area contributed by atoms with Crippen LogP contribution in [0.15, 0.2) is 42.5 Å². The molecule has 3 rings (SSSR count). The molecule has 0 unspecified atom stereocenters. The molecule has 1 aliphatic heterocycles. The third-order valence-electron chi connectivity index (χ3n) is 5.19. The topological polar surface area (TPSA) is 49.4 Å². The van der Waals surface area contributed by atoms with Gasteiger partial charge in [0.15, 0.2) is 11.6 Å². The highest BCUT2D eigenvalue weighted by atomic mass is 28.3. The minimum absolute atomic E-state index is 0.262. The molecule has 1 heterocycles. The van der Waals surface area contributed by atoms with Crippen molar-refractivity contribution < 1.29 is 18.4 Å². The number of likely N-dealkylation sites (tertiary alicyclic amines) is 1. The second-order valence-electron chi connectivity index (χ2n) is 8.27. The molecule has 4 nitrogen and oxygen atoms in total. The van der Waals surface area contributed by atoms with Crippen molar-refractivity contribution in [1.82, 2.24) is 4.90 Å². The van der Waals surface area contributed by atoms with Crippen LogP contribution in [0.25, 0.3) is 0 Å². The van der Waals surface area contributed by atoms with Crippen LogP contribution in [0.2, 0.25) is 19.6 Å². The number of amides is 2. The molecule has 28 heavy (non-hydrogen) atoms. The Morgan fingerprint density at radius 1 is 1.14 bits per heavy atom. The Morgan fingerprint density at radius 2 is 1.82 bits per heavy atom. The van der Waals surface area contributed by atoms with Gasteiger partial charge in [0.2, 0.25) is 11.8 Å². The highest BCUT2D eigenvalue weighted by Gasteiger charge is 2.44. The van der Waals surface area contributed by atoms with Gasteiger partial charge in [-0.15, -0.1) is 0 Å². The van der Waals surface area contributed by atoms with E-state index in [9.17, 15) is 18.4 Å². The van der Waals surface area contributed by atoms with Crippen LogP contribution in [-0.4, -0.2) is 38.4 Å². The second kappa shape index (κ2) is 7.47. The third kappa shape index (κ3) is 3.85. The van der Waals surface area contributed by atoms with E-state index in [0.717, 1.165) is 11.6 Å². The lowest BCUT2D eigenvalue weighted by molar-refractivity contribution is -0.135. The largest absolute Gasteiger partial charge is 0.344 e. The van der Waals surface area contributed by atoms with Crippen LogP contribution in [0, 0.1) is 17.6 Å². The van der Waals surface area contributed by atoms with Crippen LogP contribution in [0.5, 0.6) is 0 Å². The minimum Gasteiger partial charge on any atom is -0.344 e. The quantitative estimate of drug-likeness (QED) is 0.630. The summed E-state index contributed by atoms with van der Waals surface area (Å²) in [6, 6.07) is 11.6. The average Bonchev–Trinajstić information content (AvgIpc) is 2.93. The Balaban J connectivity index is 1.93. The van der Waals surface area contributed by atoms with Crippen molar-refractivity contribution in [2.75, 3.05) is 18.9 Å². The lowest BCUT2D eigenvalue weighted by atomic mass is 9.88. The average molecular weight is 403 g/mol. The lowest BCUT2D eigenvalue weighted by Crippen LogP contribution is -2.38. The molecule has 0 radical (unpaired) electrons. The number of likely N-dealkylation sites (N-methyl/N-ethyl adjacent to an activating group) is 1. The second-order valence-corrected chi connectivity index (χ2v) is 13.3. The molecule has 148 valence electrons. The number of nitrogens with one attached hydrogen (secondary N) is 1. The lowest BCUT2D eigenvalue weighted by Gasteiger charge is -2.21. The summed E-state index contributed by atoms with van der Waals surface area (Å²) in [6.07, 6.45) is 0. The molecule has 0 aromatic heterocycles. The maximum Gasteiger partial charge on any atom is 0.237 e. The van der Waals surface area contributed by atoms with Crippen molar-refractivity contribution in [3.8, 4) is 0 Å². The first-order chi connectivity index (χ1) is 13.1. The van der Waals surface area contributed by atoms with E-state index in [0.29, 0.717) is 6.54 Å². The fraction of sp³-hybridized carbons (Fsp3) is 0.333. The van der Waals surface area contributed by atoms with Crippen molar-refractivity contribution in [2.24, 2.45) is 5.92 Å². The Labute approximate surface area is 164 Å². The van der Waals surface area contributed by atoms with Crippen LogP contribution >= 0.6 is 0 Å². The van der Waals surface area contributed by atoms with E-state index in [1.165, 1.54) is 22.2 Å². The van der Waals surface area contributed by atoms with Gasteiger partial charge in [-0.2, -0.15) is 0 Å². The molecule has 2 atom stereocenters.